The molecule has 0 atom stereocenters. The number of hydrogen-bond donors (Lipinski definition) is 1. The monoisotopic (exact) mass is 244 g/mol. The lowest BCUT2D eigenvalue weighted by molar-refractivity contribution is 0.0961. The van der Waals surface area contributed by atoms with Crippen molar-refractivity contribution < 1.29 is 4.79 Å². The summed E-state index contributed by atoms with van der Waals surface area (Å²) in [5, 5.41) is 2.40. The highest BCUT2D eigenvalue weighted by Gasteiger charge is 2.10. The number of carbonyl (C=O) groups is 1. The summed E-state index contributed by atoms with van der Waals surface area (Å²) >= 11 is 3.20. The van der Waals surface area contributed by atoms with E-state index in [0.29, 0.717) is 4.47 Å². The fourth-order valence-corrected chi connectivity index (χ4v) is 1.50. The molecule has 1 aromatic rings. The first-order valence-corrected chi connectivity index (χ1v) is 4.44. The summed E-state index contributed by atoms with van der Waals surface area (Å²) in [7, 11) is 3.09. The topological polar surface area (TPSA) is 51.1 Å². The van der Waals surface area contributed by atoms with Gasteiger partial charge in [-0.05, 0) is 22.0 Å². The third-order valence-electron chi connectivity index (χ3n) is 1.62. The number of pyridine rings is 1. The second kappa shape index (κ2) is 3.74. The van der Waals surface area contributed by atoms with E-state index < -0.39 is 0 Å². The summed E-state index contributed by atoms with van der Waals surface area (Å²) in [6.45, 7) is 0. The number of nitrogens with zero attached hydrogens (tertiary/aromatic N) is 1. The molecule has 1 amide bonds. The fourth-order valence-electron chi connectivity index (χ4n) is 0.968. The minimum absolute atomic E-state index is 0.138. The van der Waals surface area contributed by atoms with Gasteiger partial charge in [-0.25, -0.2) is 0 Å². The predicted molar refractivity (Wildman–Crippen MR) is 52.8 cm³/mol. The van der Waals surface area contributed by atoms with Crippen LogP contribution in [0.4, 0.5) is 0 Å². The third kappa shape index (κ3) is 1.98. The van der Waals surface area contributed by atoms with E-state index in [9.17, 15) is 9.59 Å². The molecule has 0 aliphatic rings. The van der Waals surface area contributed by atoms with E-state index in [-0.39, 0.29) is 17.0 Å². The first kappa shape index (κ1) is 9.98. The van der Waals surface area contributed by atoms with Gasteiger partial charge in [0.2, 0.25) is 0 Å². The van der Waals surface area contributed by atoms with Crippen molar-refractivity contribution in [1.82, 2.24) is 9.88 Å². The van der Waals surface area contributed by atoms with Crippen molar-refractivity contribution >= 4 is 21.8 Å². The van der Waals surface area contributed by atoms with E-state index in [4.69, 9.17) is 0 Å². The Hall–Kier alpha value is -1.10. The van der Waals surface area contributed by atoms with Crippen molar-refractivity contribution in [2.24, 2.45) is 7.05 Å². The minimum atomic E-state index is -0.373. The normalized spacial score (nSPS) is 9.77. The molecule has 1 heterocycles. The van der Waals surface area contributed by atoms with Gasteiger partial charge in [0.05, 0.1) is 0 Å². The molecule has 70 valence electrons. The van der Waals surface area contributed by atoms with Crippen molar-refractivity contribution in [3.8, 4) is 0 Å². The highest BCUT2D eigenvalue weighted by Crippen LogP contribution is 2.07. The van der Waals surface area contributed by atoms with E-state index >= 15 is 0 Å². The van der Waals surface area contributed by atoms with E-state index in [1.807, 2.05) is 0 Å². The molecule has 0 aromatic carbocycles. The highest BCUT2D eigenvalue weighted by molar-refractivity contribution is 9.10. The molecular formula is C8H9BrN2O2. The average molecular weight is 245 g/mol. The Bertz CT molecular complexity index is 398. The van der Waals surface area contributed by atoms with E-state index in [2.05, 4.69) is 21.2 Å². The van der Waals surface area contributed by atoms with E-state index in [1.165, 1.54) is 17.7 Å². The molecule has 13 heavy (non-hydrogen) atoms. The first-order valence-electron chi connectivity index (χ1n) is 3.64. The molecule has 0 aliphatic carbocycles. The Morgan fingerprint density at radius 1 is 1.62 bits per heavy atom. The van der Waals surface area contributed by atoms with Gasteiger partial charge in [-0.2, -0.15) is 0 Å². The Morgan fingerprint density at radius 2 is 2.23 bits per heavy atom. The third-order valence-corrected chi connectivity index (χ3v) is 2.06. The summed E-state index contributed by atoms with van der Waals surface area (Å²) < 4.78 is 2.06. The van der Waals surface area contributed by atoms with Crippen LogP contribution >= 0.6 is 15.9 Å². The summed E-state index contributed by atoms with van der Waals surface area (Å²) in [6.07, 6.45) is 1.61. The molecule has 1 rings (SSSR count). The van der Waals surface area contributed by atoms with Gasteiger partial charge in [-0.15, -0.1) is 0 Å². The van der Waals surface area contributed by atoms with Gasteiger partial charge in [0.25, 0.3) is 11.5 Å². The molecule has 0 spiro atoms. The zero-order valence-corrected chi connectivity index (χ0v) is 8.88. The first-order chi connectivity index (χ1) is 6.06. The van der Waals surface area contributed by atoms with Crippen LogP contribution in [-0.2, 0) is 7.05 Å². The van der Waals surface area contributed by atoms with Gasteiger partial charge in [-0.1, -0.05) is 0 Å². The second-order valence-corrected chi connectivity index (χ2v) is 3.48. The fraction of sp³-hybridized carbons (Fsp3) is 0.250. The second-order valence-electron chi connectivity index (χ2n) is 2.57. The van der Waals surface area contributed by atoms with Crippen LogP contribution in [0.1, 0.15) is 10.4 Å². The Labute approximate surface area is 83.7 Å². The van der Waals surface area contributed by atoms with Crippen molar-refractivity contribution in [3.05, 3.63) is 32.7 Å². The lowest BCUT2D eigenvalue weighted by Crippen LogP contribution is -2.29. The molecule has 1 aromatic heterocycles. The van der Waals surface area contributed by atoms with Crippen LogP contribution in [0, 0.1) is 0 Å². The van der Waals surface area contributed by atoms with Crippen molar-refractivity contribution in [3.63, 3.8) is 0 Å². The number of halogens is 1. The lowest BCUT2D eigenvalue weighted by atomic mass is 10.2. The summed E-state index contributed by atoms with van der Waals surface area (Å²) in [4.78, 5) is 22.6. The van der Waals surface area contributed by atoms with Crippen molar-refractivity contribution in [1.29, 1.82) is 0 Å². The standard InChI is InChI=1S/C8H9BrN2O2/c1-10-7(12)6-3-5(9)4-11(2)8(6)13/h3-4H,1-2H3,(H,10,12). The van der Waals surface area contributed by atoms with E-state index in [1.54, 1.807) is 13.2 Å². The molecule has 0 saturated carbocycles. The van der Waals surface area contributed by atoms with Gasteiger partial charge in [0, 0.05) is 24.8 Å². The molecule has 1 N–H and O–H groups in total. The number of rotatable bonds is 1. The van der Waals surface area contributed by atoms with Crippen LogP contribution in [0.2, 0.25) is 0 Å². The number of aryl methyl sites for hydroxylation is 1. The van der Waals surface area contributed by atoms with Gasteiger partial charge in [0.1, 0.15) is 5.56 Å². The summed E-state index contributed by atoms with van der Waals surface area (Å²) in [5.41, 5.74) is -0.165. The molecule has 0 radical (unpaired) electrons. The molecule has 4 nitrogen and oxygen atoms in total. The quantitative estimate of drug-likeness (QED) is 0.783. The molecule has 0 aliphatic heterocycles. The molecule has 5 heteroatoms. The van der Waals surface area contributed by atoms with Crippen LogP contribution in [-0.4, -0.2) is 17.5 Å². The van der Waals surface area contributed by atoms with Crippen LogP contribution < -0.4 is 10.9 Å². The minimum Gasteiger partial charge on any atom is -0.355 e. The van der Waals surface area contributed by atoms with Crippen LogP contribution in [0.5, 0.6) is 0 Å². The van der Waals surface area contributed by atoms with Crippen LogP contribution in [0.15, 0.2) is 21.5 Å². The predicted octanol–water partition coefficient (Wildman–Crippen LogP) is 0.507. The van der Waals surface area contributed by atoms with Gasteiger partial charge in [-0.3, -0.25) is 9.59 Å². The lowest BCUT2D eigenvalue weighted by Gasteiger charge is -2.02. The highest BCUT2D eigenvalue weighted by atomic mass is 79.9. The smallest absolute Gasteiger partial charge is 0.263 e. The number of hydrogen-bond acceptors (Lipinski definition) is 2. The largest absolute Gasteiger partial charge is 0.355 e. The Kier molecular flexibility index (Phi) is 2.87. The molecule has 0 saturated heterocycles. The molecule has 0 unspecified atom stereocenters. The van der Waals surface area contributed by atoms with Crippen LogP contribution in [0.25, 0.3) is 0 Å². The zero-order chi connectivity index (χ0) is 10.0. The maximum atomic E-state index is 11.4. The Balaban J connectivity index is 3.37. The molecular weight excluding hydrogens is 236 g/mol. The van der Waals surface area contributed by atoms with Gasteiger partial charge < -0.3 is 9.88 Å². The van der Waals surface area contributed by atoms with Gasteiger partial charge >= 0.3 is 0 Å². The number of aromatic nitrogens is 1. The Morgan fingerprint density at radius 3 is 2.77 bits per heavy atom. The number of amides is 1. The maximum Gasteiger partial charge on any atom is 0.263 e. The summed E-state index contributed by atoms with van der Waals surface area (Å²) in [6, 6.07) is 1.50. The van der Waals surface area contributed by atoms with Gasteiger partial charge in [0.15, 0.2) is 0 Å². The van der Waals surface area contributed by atoms with Crippen molar-refractivity contribution in [2.75, 3.05) is 7.05 Å². The van der Waals surface area contributed by atoms with E-state index in [0.717, 1.165) is 0 Å². The summed E-state index contributed by atoms with van der Waals surface area (Å²) in [5.74, 6) is -0.373. The number of carbonyl (C=O) groups excluding carboxylic acids is 1. The molecule has 0 fully saturated rings. The molecule has 0 bridgehead atoms. The van der Waals surface area contributed by atoms with Crippen molar-refractivity contribution in [2.45, 2.75) is 0 Å². The van der Waals surface area contributed by atoms with Crippen LogP contribution in [0.3, 0.4) is 0 Å². The SMILES string of the molecule is CNC(=O)c1cc(Br)cn(C)c1=O. The maximum absolute atomic E-state index is 11.4. The number of nitrogens with one attached hydrogen (secondary N) is 1. The zero-order valence-electron chi connectivity index (χ0n) is 7.30. The average Bonchev–Trinajstić information content (AvgIpc) is 2.10.